The first-order valence-corrected chi connectivity index (χ1v) is 6.86. The molecule has 0 aromatic carbocycles. The van der Waals surface area contributed by atoms with Crippen molar-refractivity contribution in [3.8, 4) is 0 Å². The van der Waals surface area contributed by atoms with Crippen LogP contribution in [0.25, 0.3) is 0 Å². The molecule has 0 amide bonds. The van der Waals surface area contributed by atoms with Crippen molar-refractivity contribution in [3.63, 3.8) is 0 Å². The van der Waals surface area contributed by atoms with Gasteiger partial charge >= 0.3 is 0 Å². The number of piperidine rings is 1. The van der Waals surface area contributed by atoms with Gasteiger partial charge < -0.3 is 9.32 Å². The zero-order chi connectivity index (χ0) is 13.2. The van der Waals surface area contributed by atoms with Crippen molar-refractivity contribution in [1.29, 1.82) is 0 Å². The van der Waals surface area contributed by atoms with E-state index in [1.165, 1.54) is 0 Å². The molecule has 1 aromatic heterocycles. The summed E-state index contributed by atoms with van der Waals surface area (Å²) in [7, 11) is 0. The van der Waals surface area contributed by atoms with Crippen LogP contribution in [-0.2, 0) is 0 Å². The first-order valence-electron chi connectivity index (χ1n) is 6.86. The Morgan fingerprint density at radius 3 is 2.74 bits per heavy atom. The zero-order valence-electron chi connectivity index (χ0n) is 10.8. The second kappa shape index (κ2) is 5.07. The van der Waals surface area contributed by atoms with Crippen molar-refractivity contribution in [2.24, 2.45) is 0 Å². The van der Waals surface area contributed by atoms with Crippen LogP contribution in [0.2, 0.25) is 0 Å². The predicted molar refractivity (Wildman–Crippen MR) is 69.9 cm³/mol. The van der Waals surface area contributed by atoms with Gasteiger partial charge in [-0.15, -0.1) is 0 Å². The van der Waals surface area contributed by atoms with E-state index in [9.17, 15) is 10.1 Å². The van der Waals surface area contributed by atoms with Crippen LogP contribution in [0, 0.1) is 10.1 Å². The maximum Gasteiger partial charge on any atom is 0.299 e. The summed E-state index contributed by atoms with van der Waals surface area (Å²) in [6, 6.07) is 0.597. The molecule has 19 heavy (non-hydrogen) atoms. The number of rotatable bonds is 3. The smallest absolute Gasteiger partial charge is 0.299 e. The fourth-order valence-electron chi connectivity index (χ4n) is 2.83. The first-order chi connectivity index (χ1) is 9.25. The molecule has 104 valence electrons. The summed E-state index contributed by atoms with van der Waals surface area (Å²) in [4.78, 5) is 19.0. The molecule has 0 N–H and O–H groups in total. The van der Waals surface area contributed by atoms with E-state index >= 15 is 0 Å². The number of oxazole rings is 1. The fourth-order valence-corrected chi connectivity index (χ4v) is 2.83. The Balaban J connectivity index is 1.78. The van der Waals surface area contributed by atoms with E-state index in [0.717, 1.165) is 38.8 Å². The van der Waals surface area contributed by atoms with Gasteiger partial charge in [-0.3, -0.25) is 15.0 Å². The SMILES string of the molecule is O=[N+]([O-])C1CCCCN1c1cnc(N2CCCC2)o1. The van der Waals surface area contributed by atoms with Gasteiger partial charge in [-0.25, -0.2) is 0 Å². The number of nitro groups is 1. The minimum Gasteiger partial charge on any atom is -0.407 e. The minimum absolute atomic E-state index is 0.225. The van der Waals surface area contributed by atoms with Gasteiger partial charge in [-0.2, -0.15) is 4.98 Å². The van der Waals surface area contributed by atoms with Gasteiger partial charge in [0, 0.05) is 31.0 Å². The molecule has 0 saturated carbocycles. The largest absolute Gasteiger partial charge is 0.407 e. The lowest BCUT2D eigenvalue weighted by molar-refractivity contribution is -0.524. The monoisotopic (exact) mass is 266 g/mol. The summed E-state index contributed by atoms with van der Waals surface area (Å²) in [5, 5.41) is 11.1. The Morgan fingerprint density at radius 2 is 2.00 bits per heavy atom. The third kappa shape index (κ3) is 2.36. The molecule has 1 aromatic rings. The van der Waals surface area contributed by atoms with Crippen LogP contribution < -0.4 is 9.80 Å². The van der Waals surface area contributed by atoms with Gasteiger partial charge in [0.2, 0.25) is 5.88 Å². The molecule has 2 aliphatic heterocycles. The lowest BCUT2D eigenvalue weighted by atomic mass is 10.1. The van der Waals surface area contributed by atoms with Gasteiger partial charge in [0.05, 0.1) is 6.20 Å². The molecular formula is C12H18N4O3. The van der Waals surface area contributed by atoms with Crippen LogP contribution in [0.15, 0.2) is 10.6 Å². The Bertz CT molecular complexity index is 456. The molecule has 2 fully saturated rings. The van der Waals surface area contributed by atoms with Crippen molar-refractivity contribution in [3.05, 3.63) is 16.3 Å². The van der Waals surface area contributed by atoms with E-state index in [-0.39, 0.29) is 4.92 Å². The van der Waals surface area contributed by atoms with E-state index < -0.39 is 6.17 Å². The molecule has 1 unspecified atom stereocenters. The van der Waals surface area contributed by atoms with E-state index in [2.05, 4.69) is 9.88 Å². The lowest BCUT2D eigenvalue weighted by Gasteiger charge is -2.28. The van der Waals surface area contributed by atoms with Gasteiger partial charge in [0.1, 0.15) is 0 Å². The molecule has 3 heterocycles. The van der Waals surface area contributed by atoms with Gasteiger partial charge in [-0.05, 0) is 25.7 Å². The molecule has 0 spiro atoms. The second-order valence-corrected chi connectivity index (χ2v) is 5.13. The summed E-state index contributed by atoms with van der Waals surface area (Å²) < 4.78 is 5.72. The number of anilines is 2. The molecule has 0 radical (unpaired) electrons. The molecule has 0 aliphatic carbocycles. The van der Waals surface area contributed by atoms with Crippen LogP contribution in [-0.4, -0.2) is 35.7 Å². The average Bonchev–Trinajstić information content (AvgIpc) is 3.09. The highest BCUT2D eigenvalue weighted by Crippen LogP contribution is 2.29. The molecule has 0 bridgehead atoms. The van der Waals surface area contributed by atoms with Crippen molar-refractivity contribution in [2.75, 3.05) is 29.4 Å². The maximum atomic E-state index is 11.1. The Morgan fingerprint density at radius 1 is 1.26 bits per heavy atom. The highest BCUT2D eigenvalue weighted by molar-refractivity contribution is 5.40. The summed E-state index contributed by atoms with van der Waals surface area (Å²) in [5.74, 6) is 0.531. The maximum absolute atomic E-state index is 11.1. The minimum atomic E-state index is -0.673. The standard InChI is InChI=1S/C12H18N4O3/c17-16(18)10-5-1-2-8-15(10)11-9-13-12(19-11)14-6-3-4-7-14/h9-10H,1-8H2. The highest BCUT2D eigenvalue weighted by atomic mass is 16.6. The van der Waals surface area contributed by atoms with Gasteiger partial charge in [0.15, 0.2) is 0 Å². The first kappa shape index (κ1) is 12.3. The van der Waals surface area contributed by atoms with Gasteiger partial charge in [-0.1, -0.05) is 0 Å². The van der Waals surface area contributed by atoms with Crippen molar-refractivity contribution >= 4 is 11.9 Å². The van der Waals surface area contributed by atoms with Crippen molar-refractivity contribution in [2.45, 2.75) is 38.3 Å². The number of hydrogen-bond acceptors (Lipinski definition) is 6. The number of hydrogen-bond donors (Lipinski definition) is 0. The van der Waals surface area contributed by atoms with Crippen LogP contribution in [0.4, 0.5) is 11.9 Å². The Hall–Kier alpha value is -1.79. The van der Waals surface area contributed by atoms with E-state index in [0.29, 0.717) is 24.9 Å². The van der Waals surface area contributed by atoms with E-state index in [1.807, 2.05) is 0 Å². The molecular weight excluding hydrogens is 248 g/mol. The molecule has 7 heteroatoms. The molecule has 2 saturated heterocycles. The van der Waals surface area contributed by atoms with Crippen molar-refractivity contribution in [1.82, 2.24) is 4.98 Å². The summed E-state index contributed by atoms with van der Waals surface area (Å²) in [6.07, 6.45) is 5.69. The Labute approximate surface area is 111 Å². The highest BCUT2D eigenvalue weighted by Gasteiger charge is 2.34. The zero-order valence-corrected chi connectivity index (χ0v) is 10.8. The summed E-state index contributed by atoms with van der Waals surface area (Å²) >= 11 is 0. The van der Waals surface area contributed by atoms with E-state index in [4.69, 9.17) is 4.42 Å². The van der Waals surface area contributed by atoms with Crippen LogP contribution in [0.5, 0.6) is 0 Å². The Kier molecular flexibility index (Phi) is 3.27. The predicted octanol–water partition coefficient (Wildman–Crippen LogP) is 1.87. The lowest BCUT2D eigenvalue weighted by Crippen LogP contribution is -2.44. The third-order valence-electron chi connectivity index (χ3n) is 3.86. The molecule has 7 nitrogen and oxygen atoms in total. The summed E-state index contributed by atoms with van der Waals surface area (Å²) in [6.45, 7) is 2.58. The van der Waals surface area contributed by atoms with Crippen LogP contribution in [0.3, 0.4) is 0 Å². The van der Waals surface area contributed by atoms with Crippen molar-refractivity contribution < 1.29 is 9.34 Å². The normalized spacial score (nSPS) is 23.9. The third-order valence-corrected chi connectivity index (χ3v) is 3.86. The van der Waals surface area contributed by atoms with E-state index in [1.54, 1.807) is 11.1 Å². The number of aromatic nitrogens is 1. The summed E-state index contributed by atoms with van der Waals surface area (Å²) in [5.41, 5.74) is 0. The van der Waals surface area contributed by atoms with Gasteiger partial charge in [0.25, 0.3) is 12.2 Å². The fraction of sp³-hybridized carbons (Fsp3) is 0.750. The number of nitrogens with zero attached hydrogens (tertiary/aromatic N) is 4. The topological polar surface area (TPSA) is 75.7 Å². The quantitative estimate of drug-likeness (QED) is 0.614. The molecule has 1 atom stereocenters. The molecule has 3 rings (SSSR count). The van der Waals surface area contributed by atoms with Crippen LogP contribution >= 0.6 is 0 Å². The van der Waals surface area contributed by atoms with Crippen LogP contribution in [0.1, 0.15) is 32.1 Å². The average molecular weight is 266 g/mol. The second-order valence-electron chi connectivity index (χ2n) is 5.13. The molecule has 2 aliphatic rings.